The van der Waals surface area contributed by atoms with E-state index in [4.69, 9.17) is 16.3 Å². The topological polar surface area (TPSA) is 55.4 Å². The van der Waals surface area contributed by atoms with Crippen LogP contribution in [0.15, 0.2) is 59.8 Å². The number of Topliss-reactive ketones (excluding diaryl/α,β-unsaturated/α-hetero) is 1. The first kappa shape index (κ1) is 17.8. The van der Waals surface area contributed by atoms with Gasteiger partial charge in [0, 0.05) is 35.1 Å². The SMILES string of the molecule is COc1ccc([C@H]2CC(=O)C3=C(C2)NC(=O)C[C@@H]3c2ccc(Cl)cc2)cc1. The van der Waals surface area contributed by atoms with Gasteiger partial charge in [-0.05, 0) is 47.7 Å². The van der Waals surface area contributed by atoms with Gasteiger partial charge < -0.3 is 10.1 Å². The van der Waals surface area contributed by atoms with Crippen LogP contribution < -0.4 is 10.1 Å². The second-order valence-electron chi connectivity index (χ2n) is 7.05. The maximum absolute atomic E-state index is 13.0. The number of nitrogens with one attached hydrogen (secondary N) is 1. The van der Waals surface area contributed by atoms with Crippen LogP contribution in [0.3, 0.4) is 0 Å². The van der Waals surface area contributed by atoms with Gasteiger partial charge in [-0.2, -0.15) is 0 Å². The molecule has 0 radical (unpaired) electrons. The largest absolute Gasteiger partial charge is 0.497 e. The maximum Gasteiger partial charge on any atom is 0.225 e. The summed E-state index contributed by atoms with van der Waals surface area (Å²) >= 11 is 5.99. The zero-order valence-corrected chi connectivity index (χ0v) is 15.8. The van der Waals surface area contributed by atoms with Crippen molar-refractivity contribution < 1.29 is 14.3 Å². The van der Waals surface area contributed by atoms with E-state index >= 15 is 0 Å². The highest BCUT2D eigenvalue weighted by molar-refractivity contribution is 6.30. The molecule has 0 unspecified atom stereocenters. The minimum Gasteiger partial charge on any atom is -0.497 e. The molecule has 1 N–H and O–H groups in total. The minimum absolute atomic E-state index is 0.0446. The molecule has 0 saturated carbocycles. The first-order valence-electron chi connectivity index (χ1n) is 9.00. The number of hydrogen-bond donors (Lipinski definition) is 1. The van der Waals surface area contributed by atoms with Crippen LogP contribution in [0.4, 0.5) is 0 Å². The summed E-state index contributed by atoms with van der Waals surface area (Å²) in [4.78, 5) is 25.3. The summed E-state index contributed by atoms with van der Waals surface area (Å²) in [6.45, 7) is 0. The van der Waals surface area contributed by atoms with Crippen LogP contribution in [-0.4, -0.2) is 18.8 Å². The Labute approximate surface area is 163 Å². The lowest BCUT2D eigenvalue weighted by Crippen LogP contribution is -2.38. The highest BCUT2D eigenvalue weighted by Crippen LogP contribution is 2.42. The molecule has 0 fully saturated rings. The van der Waals surface area contributed by atoms with Crippen molar-refractivity contribution in [2.75, 3.05) is 7.11 Å². The molecule has 4 nitrogen and oxygen atoms in total. The minimum atomic E-state index is -0.199. The van der Waals surface area contributed by atoms with Crippen LogP contribution >= 0.6 is 11.6 Å². The number of amides is 1. The summed E-state index contributed by atoms with van der Waals surface area (Å²) in [5.41, 5.74) is 3.56. The fourth-order valence-electron chi connectivity index (χ4n) is 4.05. The lowest BCUT2D eigenvalue weighted by Gasteiger charge is -2.34. The van der Waals surface area contributed by atoms with Gasteiger partial charge >= 0.3 is 0 Å². The van der Waals surface area contributed by atoms with Gasteiger partial charge in [-0.15, -0.1) is 0 Å². The summed E-state index contributed by atoms with van der Waals surface area (Å²) < 4.78 is 5.21. The Balaban J connectivity index is 1.67. The normalized spacial score (nSPS) is 22.3. The highest BCUT2D eigenvalue weighted by Gasteiger charge is 2.38. The van der Waals surface area contributed by atoms with Crippen LogP contribution in [0.2, 0.25) is 5.02 Å². The average molecular weight is 382 g/mol. The summed E-state index contributed by atoms with van der Waals surface area (Å²) in [5, 5.41) is 3.59. The van der Waals surface area contributed by atoms with Crippen molar-refractivity contribution in [3.8, 4) is 5.75 Å². The molecule has 4 rings (SSSR count). The molecular weight excluding hydrogens is 362 g/mol. The third-order valence-corrected chi connectivity index (χ3v) is 5.65. The molecule has 2 atom stereocenters. The molecule has 5 heteroatoms. The fourth-order valence-corrected chi connectivity index (χ4v) is 4.18. The Hall–Kier alpha value is -2.59. The third-order valence-electron chi connectivity index (χ3n) is 5.40. The van der Waals surface area contributed by atoms with Crippen molar-refractivity contribution in [1.29, 1.82) is 0 Å². The second-order valence-corrected chi connectivity index (χ2v) is 7.49. The molecule has 0 bridgehead atoms. The van der Waals surface area contributed by atoms with Crippen molar-refractivity contribution in [2.24, 2.45) is 0 Å². The number of allylic oxidation sites excluding steroid dienone is 2. The van der Waals surface area contributed by atoms with E-state index in [-0.39, 0.29) is 23.5 Å². The summed E-state index contributed by atoms with van der Waals surface area (Å²) in [7, 11) is 1.63. The molecule has 1 aliphatic carbocycles. The number of hydrogen-bond acceptors (Lipinski definition) is 3. The maximum atomic E-state index is 13.0. The average Bonchev–Trinajstić information content (AvgIpc) is 2.67. The van der Waals surface area contributed by atoms with E-state index in [9.17, 15) is 9.59 Å². The molecule has 1 amide bonds. The number of carbonyl (C=O) groups is 2. The quantitative estimate of drug-likeness (QED) is 0.859. The molecule has 0 saturated heterocycles. The lowest BCUT2D eigenvalue weighted by atomic mass is 9.73. The van der Waals surface area contributed by atoms with Gasteiger partial charge in [-0.1, -0.05) is 35.9 Å². The summed E-state index contributed by atoms with van der Waals surface area (Å²) in [6.07, 6.45) is 1.40. The molecule has 0 aromatic heterocycles. The monoisotopic (exact) mass is 381 g/mol. The van der Waals surface area contributed by atoms with Gasteiger partial charge in [0.25, 0.3) is 0 Å². The van der Waals surface area contributed by atoms with Gasteiger partial charge in [0.15, 0.2) is 5.78 Å². The van der Waals surface area contributed by atoms with E-state index in [1.165, 1.54) is 0 Å². The Morgan fingerprint density at radius 3 is 2.26 bits per heavy atom. The molecule has 2 aliphatic rings. The van der Waals surface area contributed by atoms with Crippen molar-refractivity contribution >= 4 is 23.3 Å². The van der Waals surface area contributed by atoms with Crippen molar-refractivity contribution in [3.05, 3.63) is 76.0 Å². The van der Waals surface area contributed by atoms with Crippen LogP contribution in [0.5, 0.6) is 5.75 Å². The molecule has 138 valence electrons. The molecule has 0 spiro atoms. The number of methoxy groups -OCH3 is 1. The van der Waals surface area contributed by atoms with Crippen molar-refractivity contribution in [3.63, 3.8) is 0 Å². The van der Waals surface area contributed by atoms with Crippen LogP contribution in [-0.2, 0) is 9.59 Å². The van der Waals surface area contributed by atoms with Crippen LogP contribution in [0.1, 0.15) is 42.2 Å². The van der Waals surface area contributed by atoms with E-state index in [1.807, 2.05) is 36.4 Å². The molecule has 2 aromatic carbocycles. The van der Waals surface area contributed by atoms with Crippen molar-refractivity contribution in [1.82, 2.24) is 5.32 Å². The number of ether oxygens (including phenoxy) is 1. The molecule has 1 heterocycles. The number of benzene rings is 2. The van der Waals surface area contributed by atoms with Crippen LogP contribution in [0, 0.1) is 0 Å². The van der Waals surface area contributed by atoms with E-state index in [2.05, 4.69) is 5.32 Å². The summed E-state index contributed by atoms with van der Waals surface area (Å²) in [5.74, 6) is 0.713. The first-order chi connectivity index (χ1) is 13.0. The number of halogens is 1. The smallest absolute Gasteiger partial charge is 0.225 e. The molecule has 2 aromatic rings. The Morgan fingerprint density at radius 2 is 1.59 bits per heavy atom. The zero-order chi connectivity index (χ0) is 19.0. The number of rotatable bonds is 3. The summed E-state index contributed by atoms with van der Waals surface area (Å²) in [6, 6.07) is 15.2. The second kappa shape index (κ2) is 7.20. The van der Waals surface area contributed by atoms with Gasteiger partial charge in [0.05, 0.1) is 7.11 Å². The standard InChI is InChI=1S/C22H20ClNO3/c1-27-17-8-4-13(5-9-17)15-10-19-22(20(25)11-15)18(12-21(26)24-19)14-2-6-16(23)7-3-14/h2-9,15,18H,10-12H2,1H3,(H,24,26)/t15-,18-/m1/s1. The van der Waals surface area contributed by atoms with Gasteiger partial charge in [-0.25, -0.2) is 0 Å². The predicted molar refractivity (Wildman–Crippen MR) is 104 cm³/mol. The van der Waals surface area contributed by atoms with E-state index in [0.717, 1.165) is 28.1 Å². The number of carbonyl (C=O) groups excluding carboxylic acids is 2. The third kappa shape index (κ3) is 3.50. The van der Waals surface area contributed by atoms with Crippen LogP contribution in [0.25, 0.3) is 0 Å². The Kier molecular flexibility index (Phi) is 4.75. The number of ketones is 1. The first-order valence-corrected chi connectivity index (χ1v) is 9.38. The van der Waals surface area contributed by atoms with Gasteiger partial charge in [0.2, 0.25) is 5.91 Å². The van der Waals surface area contributed by atoms with E-state index in [0.29, 0.717) is 24.3 Å². The fraction of sp³-hybridized carbons (Fsp3) is 0.273. The molecule has 1 aliphatic heterocycles. The zero-order valence-electron chi connectivity index (χ0n) is 15.0. The predicted octanol–water partition coefficient (Wildman–Crippen LogP) is 4.35. The Bertz CT molecular complexity index is 916. The van der Waals surface area contributed by atoms with Gasteiger partial charge in [-0.3, -0.25) is 9.59 Å². The van der Waals surface area contributed by atoms with E-state index < -0.39 is 0 Å². The van der Waals surface area contributed by atoms with E-state index in [1.54, 1.807) is 19.2 Å². The lowest BCUT2D eigenvalue weighted by molar-refractivity contribution is -0.122. The van der Waals surface area contributed by atoms with Crippen molar-refractivity contribution in [2.45, 2.75) is 31.1 Å². The Morgan fingerprint density at radius 1 is 0.926 bits per heavy atom. The van der Waals surface area contributed by atoms with Gasteiger partial charge in [0.1, 0.15) is 5.75 Å². The molecule has 27 heavy (non-hydrogen) atoms. The molecular formula is C22H20ClNO3. The highest BCUT2D eigenvalue weighted by atomic mass is 35.5.